The fourth-order valence-electron chi connectivity index (χ4n) is 3.27. The van der Waals surface area contributed by atoms with Crippen molar-refractivity contribution in [3.63, 3.8) is 0 Å². The molecule has 0 unspecified atom stereocenters. The van der Waals surface area contributed by atoms with Crippen LogP contribution in [0.3, 0.4) is 0 Å². The number of hydrogen-bond donors (Lipinski definition) is 0. The van der Waals surface area contributed by atoms with Crippen molar-refractivity contribution in [2.45, 2.75) is 12.6 Å². The van der Waals surface area contributed by atoms with Crippen molar-refractivity contribution < 1.29 is 22.4 Å². The molecule has 0 spiro atoms. The lowest BCUT2D eigenvalue weighted by Gasteiger charge is -2.29. The van der Waals surface area contributed by atoms with Crippen LogP contribution in [-0.2, 0) is 12.6 Å². The highest BCUT2D eigenvalue weighted by Crippen LogP contribution is 2.39. The third-order valence-corrected chi connectivity index (χ3v) is 5.08. The molecule has 0 saturated carbocycles. The molecule has 0 N–H and O–H groups in total. The predicted molar refractivity (Wildman–Crippen MR) is 99.3 cm³/mol. The number of nitrogens with zero attached hydrogens (tertiary/aromatic N) is 1. The van der Waals surface area contributed by atoms with Gasteiger partial charge in [0.1, 0.15) is 0 Å². The zero-order chi connectivity index (χ0) is 20.2. The Labute approximate surface area is 166 Å². The van der Waals surface area contributed by atoms with Gasteiger partial charge in [-0.1, -0.05) is 29.3 Å². The number of para-hydroxylation sites is 1. The zero-order valence-electron chi connectivity index (χ0n) is 13.9. The van der Waals surface area contributed by atoms with Gasteiger partial charge >= 0.3 is 6.18 Å². The molecule has 2 heterocycles. The van der Waals surface area contributed by atoms with Crippen LogP contribution in [0.4, 0.5) is 18.9 Å². The first-order valence-electron chi connectivity index (χ1n) is 8.11. The number of fused-ring (bicyclic) bond motifs is 2. The fourth-order valence-corrected chi connectivity index (χ4v) is 3.65. The number of hydrogen-bond acceptors (Lipinski definition) is 3. The molecule has 1 amide bonds. The van der Waals surface area contributed by atoms with Crippen LogP contribution in [0, 0.1) is 0 Å². The Kier molecular flexibility index (Phi) is 4.39. The summed E-state index contributed by atoms with van der Waals surface area (Å²) in [5, 5.41) is 0.241. The molecular formula is C19H10Cl2F3NO3. The molecule has 3 aromatic rings. The third kappa shape index (κ3) is 2.95. The van der Waals surface area contributed by atoms with E-state index in [1.807, 2.05) is 0 Å². The van der Waals surface area contributed by atoms with Crippen LogP contribution >= 0.6 is 23.2 Å². The molecule has 1 aliphatic heterocycles. The van der Waals surface area contributed by atoms with Gasteiger partial charge in [-0.25, -0.2) is 0 Å². The van der Waals surface area contributed by atoms with Gasteiger partial charge in [0.2, 0.25) is 0 Å². The van der Waals surface area contributed by atoms with E-state index in [0.717, 1.165) is 17.0 Å². The number of anilines is 1. The molecule has 0 radical (unpaired) electrons. The predicted octanol–water partition coefficient (Wildman–Crippen LogP) is 5.32. The van der Waals surface area contributed by atoms with E-state index >= 15 is 0 Å². The average Bonchev–Trinajstić information content (AvgIpc) is 2.63. The number of amides is 1. The quantitative estimate of drug-likeness (QED) is 0.527. The zero-order valence-corrected chi connectivity index (χ0v) is 15.5. The van der Waals surface area contributed by atoms with E-state index in [0.29, 0.717) is 0 Å². The molecule has 0 aliphatic carbocycles. The first-order chi connectivity index (χ1) is 13.2. The molecule has 1 aromatic heterocycles. The maximum atomic E-state index is 13.4. The van der Waals surface area contributed by atoms with Gasteiger partial charge in [-0.2, -0.15) is 13.2 Å². The summed E-state index contributed by atoms with van der Waals surface area (Å²) >= 11 is 11.8. The molecule has 28 heavy (non-hydrogen) atoms. The molecule has 1 aliphatic rings. The van der Waals surface area contributed by atoms with Crippen LogP contribution in [0.1, 0.15) is 21.7 Å². The topological polar surface area (TPSA) is 50.5 Å². The highest BCUT2D eigenvalue weighted by atomic mass is 35.5. The maximum Gasteiger partial charge on any atom is 0.418 e. The number of rotatable bonds is 1. The summed E-state index contributed by atoms with van der Waals surface area (Å²) in [5.74, 6) is -1.15. The third-order valence-electron chi connectivity index (χ3n) is 4.54. The van der Waals surface area contributed by atoms with Crippen LogP contribution in [-0.4, -0.2) is 12.5 Å². The van der Waals surface area contributed by atoms with Crippen LogP contribution in [0.5, 0.6) is 0 Å². The van der Waals surface area contributed by atoms with Crippen molar-refractivity contribution in [1.29, 1.82) is 0 Å². The lowest BCUT2D eigenvalue weighted by Crippen LogP contribution is -2.41. The number of alkyl halides is 3. The van der Waals surface area contributed by atoms with Crippen LogP contribution in [0.2, 0.25) is 10.0 Å². The number of carbonyl (C=O) groups excluding carboxylic acids is 1. The molecule has 4 nitrogen and oxygen atoms in total. The van der Waals surface area contributed by atoms with Gasteiger partial charge in [0.25, 0.3) is 5.91 Å². The minimum atomic E-state index is -4.71. The van der Waals surface area contributed by atoms with E-state index in [2.05, 4.69) is 0 Å². The van der Waals surface area contributed by atoms with Crippen molar-refractivity contribution >= 4 is 45.8 Å². The van der Waals surface area contributed by atoms with E-state index < -0.39 is 23.1 Å². The second kappa shape index (κ2) is 6.53. The molecule has 0 fully saturated rings. The van der Waals surface area contributed by atoms with Gasteiger partial charge in [-0.15, -0.1) is 0 Å². The molecule has 0 saturated heterocycles. The second-order valence-corrected chi connectivity index (χ2v) is 7.07. The van der Waals surface area contributed by atoms with E-state index in [-0.39, 0.29) is 51.0 Å². The summed E-state index contributed by atoms with van der Waals surface area (Å²) in [4.78, 5) is 26.6. The highest BCUT2D eigenvalue weighted by molar-refractivity contribution is 6.34. The largest absolute Gasteiger partial charge is 0.449 e. The van der Waals surface area contributed by atoms with E-state index in [1.54, 1.807) is 6.07 Å². The summed E-state index contributed by atoms with van der Waals surface area (Å²) in [5.41, 5.74) is -1.67. The molecule has 2 aromatic carbocycles. The first-order valence-corrected chi connectivity index (χ1v) is 8.87. The monoisotopic (exact) mass is 427 g/mol. The number of halogens is 5. The minimum absolute atomic E-state index is 0.0234. The molecule has 0 atom stereocenters. The molecule has 9 heteroatoms. The SMILES string of the molecule is O=C1c2oc3c(Cl)cccc3c(=O)c2CCN1c1ccc(Cl)cc1C(F)(F)F. The maximum absolute atomic E-state index is 13.4. The fraction of sp³-hybridized carbons (Fsp3) is 0.158. The van der Waals surface area contributed by atoms with Crippen LogP contribution < -0.4 is 10.3 Å². The number of benzene rings is 2. The summed E-state index contributed by atoms with van der Waals surface area (Å²) in [6, 6.07) is 7.74. The second-order valence-electron chi connectivity index (χ2n) is 6.22. The van der Waals surface area contributed by atoms with Crippen molar-refractivity contribution in [3.05, 3.63) is 73.6 Å². The van der Waals surface area contributed by atoms with Crippen LogP contribution in [0.25, 0.3) is 11.0 Å². The Morgan fingerprint density at radius 1 is 1.07 bits per heavy atom. The van der Waals surface area contributed by atoms with Gasteiger partial charge in [0.15, 0.2) is 16.8 Å². The highest BCUT2D eigenvalue weighted by Gasteiger charge is 2.39. The first kappa shape index (κ1) is 18.8. The summed E-state index contributed by atoms with van der Waals surface area (Å²) in [7, 11) is 0. The Bertz CT molecular complexity index is 1190. The van der Waals surface area contributed by atoms with Crippen molar-refractivity contribution in [2.75, 3.05) is 11.4 Å². The Morgan fingerprint density at radius 2 is 1.82 bits per heavy atom. The standard InChI is InChI=1S/C19H10Cl2F3NO3/c20-9-4-5-14(12(8-9)19(22,23)24)25-7-6-11-15(26)10-2-1-3-13(21)16(10)28-17(11)18(25)27/h1-5,8H,6-7H2. The van der Waals surface area contributed by atoms with Crippen molar-refractivity contribution in [3.8, 4) is 0 Å². The van der Waals surface area contributed by atoms with Crippen molar-refractivity contribution in [2.24, 2.45) is 0 Å². The van der Waals surface area contributed by atoms with Gasteiger partial charge in [-0.3, -0.25) is 9.59 Å². The van der Waals surface area contributed by atoms with Gasteiger partial charge in [0.05, 0.1) is 27.2 Å². The Morgan fingerprint density at radius 3 is 2.54 bits per heavy atom. The summed E-state index contributed by atoms with van der Waals surface area (Å²) in [6.07, 6.45) is -4.67. The van der Waals surface area contributed by atoms with E-state index in [9.17, 15) is 22.8 Å². The van der Waals surface area contributed by atoms with Gasteiger partial charge in [-0.05, 0) is 36.8 Å². The lowest BCUT2D eigenvalue weighted by atomic mass is 10.0. The molecule has 4 rings (SSSR count). The van der Waals surface area contributed by atoms with Gasteiger partial charge < -0.3 is 9.32 Å². The molecule has 0 bridgehead atoms. The molecular weight excluding hydrogens is 418 g/mol. The lowest BCUT2D eigenvalue weighted by molar-refractivity contribution is -0.137. The Hall–Kier alpha value is -2.51. The molecule has 144 valence electrons. The van der Waals surface area contributed by atoms with E-state index in [4.69, 9.17) is 27.6 Å². The summed E-state index contributed by atoms with van der Waals surface area (Å²) in [6.45, 7) is -0.104. The van der Waals surface area contributed by atoms with Gasteiger partial charge in [0, 0.05) is 11.6 Å². The summed E-state index contributed by atoms with van der Waals surface area (Å²) < 4.78 is 45.9. The van der Waals surface area contributed by atoms with Crippen molar-refractivity contribution in [1.82, 2.24) is 0 Å². The van der Waals surface area contributed by atoms with E-state index in [1.165, 1.54) is 18.2 Å². The number of carbonyl (C=O) groups is 1. The Balaban J connectivity index is 1.90. The minimum Gasteiger partial charge on any atom is -0.449 e. The smallest absolute Gasteiger partial charge is 0.418 e. The normalized spacial score (nSPS) is 14.5. The average molecular weight is 428 g/mol. The van der Waals surface area contributed by atoms with Crippen LogP contribution in [0.15, 0.2) is 45.6 Å².